The molecule has 10 heteroatoms. The van der Waals surface area contributed by atoms with E-state index in [2.05, 4.69) is 26.3 Å². The van der Waals surface area contributed by atoms with E-state index in [1.165, 1.54) is 21.1 Å². The van der Waals surface area contributed by atoms with Gasteiger partial charge in [0, 0.05) is 25.0 Å². The molecule has 2 aromatic rings. The number of nitrogens with one attached hydrogen (secondary N) is 1. The first kappa shape index (κ1) is 18.1. The van der Waals surface area contributed by atoms with Crippen LogP contribution in [0.15, 0.2) is 46.0 Å². The highest BCUT2D eigenvalue weighted by Gasteiger charge is 2.26. The van der Waals surface area contributed by atoms with Gasteiger partial charge in [-0.05, 0) is 40.2 Å². The molecule has 1 fully saturated rings. The maximum absolute atomic E-state index is 12.5. The number of aromatic nitrogens is 2. The van der Waals surface area contributed by atoms with Gasteiger partial charge in [-0.25, -0.2) is 8.42 Å². The summed E-state index contributed by atoms with van der Waals surface area (Å²) in [6.45, 7) is 1.56. The van der Waals surface area contributed by atoms with Crippen molar-refractivity contribution in [1.29, 1.82) is 0 Å². The Morgan fingerprint density at radius 2 is 1.92 bits per heavy atom. The predicted octanol–water partition coefficient (Wildman–Crippen LogP) is 1.31. The van der Waals surface area contributed by atoms with Crippen LogP contribution in [0.5, 0.6) is 0 Å². The second-order valence-electron chi connectivity index (χ2n) is 5.45. The highest BCUT2D eigenvalue weighted by molar-refractivity contribution is 9.10. The van der Waals surface area contributed by atoms with Crippen molar-refractivity contribution < 1.29 is 17.9 Å². The molecule has 0 bridgehead atoms. The topological polar surface area (TPSA) is 93.5 Å². The summed E-state index contributed by atoms with van der Waals surface area (Å²) >= 11 is 3.26. The fraction of sp³-hybridized carbons (Fsp3) is 0.333. The molecule has 0 atom stereocenters. The number of nitrogens with zero attached hydrogens (tertiary/aromatic N) is 3. The van der Waals surface area contributed by atoms with Gasteiger partial charge in [0.25, 0.3) is 0 Å². The van der Waals surface area contributed by atoms with E-state index < -0.39 is 10.0 Å². The van der Waals surface area contributed by atoms with E-state index in [1.807, 2.05) is 0 Å². The fourth-order valence-electron chi connectivity index (χ4n) is 2.42. The molecule has 1 N–H and O–H groups in total. The minimum atomic E-state index is -3.53. The zero-order valence-electron chi connectivity index (χ0n) is 13.3. The third kappa shape index (κ3) is 4.46. The Hall–Kier alpha value is -1.75. The molecule has 8 nitrogen and oxygen atoms in total. The van der Waals surface area contributed by atoms with Gasteiger partial charge >= 0.3 is 0 Å². The van der Waals surface area contributed by atoms with Crippen LogP contribution in [0.2, 0.25) is 0 Å². The Morgan fingerprint density at radius 1 is 1.24 bits per heavy atom. The zero-order valence-corrected chi connectivity index (χ0v) is 15.7. The first-order chi connectivity index (χ1) is 11.9. The number of hydrogen-bond acceptors (Lipinski definition) is 5. The molecule has 1 saturated heterocycles. The van der Waals surface area contributed by atoms with E-state index in [-0.39, 0.29) is 17.3 Å². The van der Waals surface area contributed by atoms with E-state index in [4.69, 9.17) is 4.74 Å². The van der Waals surface area contributed by atoms with Gasteiger partial charge in [-0.3, -0.25) is 9.48 Å². The highest BCUT2D eigenvalue weighted by atomic mass is 79.9. The zero-order chi connectivity index (χ0) is 17.9. The number of morpholine rings is 1. The monoisotopic (exact) mass is 428 g/mol. The maximum Gasteiger partial charge on any atom is 0.246 e. The maximum atomic E-state index is 12.5. The van der Waals surface area contributed by atoms with Crippen LogP contribution in [-0.2, 0) is 26.1 Å². The summed E-state index contributed by atoms with van der Waals surface area (Å²) in [5.41, 5.74) is 0.525. The molecule has 1 aromatic carbocycles. The molecule has 0 saturated carbocycles. The summed E-state index contributed by atoms with van der Waals surface area (Å²) in [4.78, 5) is 12.2. The summed E-state index contributed by atoms with van der Waals surface area (Å²) in [5, 5.41) is 6.72. The van der Waals surface area contributed by atoms with Crippen molar-refractivity contribution in [3.63, 3.8) is 0 Å². The van der Waals surface area contributed by atoms with Crippen LogP contribution in [0.25, 0.3) is 0 Å². The van der Waals surface area contributed by atoms with Crippen LogP contribution in [0.1, 0.15) is 0 Å². The van der Waals surface area contributed by atoms with Crippen molar-refractivity contribution in [2.75, 3.05) is 31.6 Å². The van der Waals surface area contributed by atoms with E-state index in [9.17, 15) is 13.2 Å². The van der Waals surface area contributed by atoms with Crippen molar-refractivity contribution in [2.24, 2.45) is 0 Å². The summed E-state index contributed by atoms with van der Waals surface area (Å²) in [5.74, 6) is -0.251. The van der Waals surface area contributed by atoms with Crippen LogP contribution in [0.4, 0.5) is 5.69 Å². The molecule has 1 aromatic heterocycles. The number of rotatable bonds is 5. The minimum Gasteiger partial charge on any atom is -0.379 e. The van der Waals surface area contributed by atoms with Gasteiger partial charge in [0.1, 0.15) is 6.54 Å². The van der Waals surface area contributed by atoms with E-state index in [0.29, 0.717) is 32.0 Å². The van der Waals surface area contributed by atoms with Gasteiger partial charge in [-0.15, -0.1) is 0 Å². The molecule has 25 heavy (non-hydrogen) atoms. The van der Waals surface area contributed by atoms with Crippen LogP contribution < -0.4 is 5.32 Å². The Balaban J connectivity index is 1.64. The van der Waals surface area contributed by atoms with E-state index in [1.54, 1.807) is 24.5 Å². The fourth-order valence-corrected chi connectivity index (χ4v) is 4.15. The molecule has 1 aliphatic heterocycles. The molecule has 2 heterocycles. The Labute approximate surface area is 153 Å². The second-order valence-corrected chi connectivity index (χ2v) is 8.30. The lowest BCUT2D eigenvalue weighted by molar-refractivity contribution is -0.116. The van der Waals surface area contributed by atoms with Crippen LogP contribution in [0.3, 0.4) is 0 Å². The van der Waals surface area contributed by atoms with Crippen LogP contribution >= 0.6 is 15.9 Å². The third-order valence-corrected chi connectivity index (χ3v) is 5.98. The van der Waals surface area contributed by atoms with Crippen molar-refractivity contribution in [3.8, 4) is 0 Å². The van der Waals surface area contributed by atoms with Crippen LogP contribution in [-0.4, -0.2) is 54.7 Å². The number of ether oxygens (including phenoxy) is 1. The average Bonchev–Trinajstić information content (AvgIpc) is 3.01. The first-order valence-corrected chi connectivity index (χ1v) is 9.84. The van der Waals surface area contributed by atoms with Gasteiger partial charge in [-0.1, -0.05) is 0 Å². The lowest BCUT2D eigenvalue weighted by atomic mass is 10.3. The second kappa shape index (κ2) is 7.65. The average molecular weight is 429 g/mol. The van der Waals surface area contributed by atoms with Gasteiger partial charge < -0.3 is 10.1 Å². The Morgan fingerprint density at radius 3 is 2.52 bits per heavy atom. The number of amides is 1. The van der Waals surface area contributed by atoms with Gasteiger partial charge in [0.05, 0.1) is 28.8 Å². The van der Waals surface area contributed by atoms with Gasteiger partial charge in [0.15, 0.2) is 0 Å². The van der Waals surface area contributed by atoms with Crippen molar-refractivity contribution in [3.05, 3.63) is 41.1 Å². The molecule has 3 rings (SSSR count). The number of anilines is 1. The van der Waals surface area contributed by atoms with E-state index in [0.717, 1.165) is 4.47 Å². The number of benzene rings is 1. The summed E-state index contributed by atoms with van der Waals surface area (Å²) in [7, 11) is -3.53. The summed E-state index contributed by atoms with van der Waals surface area (Å²) < 4.78 is 33.9. The normalized spacial score (nSPS) is 15.9. The van der Waals surface area contributed by atoms with Crippen LogP contribution in [0, 0.1) is 0 Å². The molecular formula is C15H17BrN4O4S. The molecule has 0 radical (unpaired) electrons. The number of sulfonamides is 1. The standard InChI is InChI=1S/C15H17BrN4O4S/c16-12-9-17-19(10-12)11-15(21)18-13-1-3-14(4-2-13)25(22,23)20-5-7-24-8-6-20/h1-4,9-10H,5-8,11H2,(H,18,21). The van der Waals surface area contributed by atoms with Crippen molar-refractivity contribution >= 4 is 37.5 Å². The molecule has 1 amide bonds. The quantitative estimate of drug-likeness (QED) is 0.774. The highest BCUT2D eigenvalue weighted by Crippen LogP contribution is 2.19. The minimum absolute atomic E-state index is 0.0689. The number of halogens is 1. The molecular weight excluding hydrogens is 412 g/mol. The SMILES string of the molecule is O=C(Cn1cc(Br)cn1)Nc1ccc(S(=O)(=O)N2CCOCC2)cc1. The van der Waals surface area contributed by atoms with Crippen molar-refractivity contribution in [2.45, 2.75) is 11.4 Å². The van der Waals surface area contributed by atoms with Gasteiger partial charge in [-0.2, -0.15) is 9.40 Å². The van der Waals surface area contributed by atoms with Gasteiger partial charge in [0.2, 0.25) is 15.9 Å². The molecule has 1 aliphatic rings. The Kier molecular flexibility index (Phi) is 5.52. The molecule has 0 unspecified atom stereocenters. The number of hydrogen-bond donors (Lipinski definition) is 1. The molecule has 0 spiro atoms. The lowest BCUT2D eigenvalue weighted by Gasteiger charge is -2.26. The third-order valence-electron chi connectivity index (χ3n) is 3.65. The molecule has 134 valence electrons. The smallest absolute Gasteiger partial charge is 0.246 e. The number of carbonyl (C=O) groups is 1. The first-order valence-electron chi connectivity index (χ1n) is 7.61. The molecule has 0 aliphatic carbocycles. The summed E-state index contributed by atoms with van der Waals surface area (Å²) in [6.07, 6.45) is 3.29. The summed E-state index contributed by atoms with van der Waals surface area (Å²) in [6, 6.07) is 6.13. The Bertz CT molecular complexity index is 845. The largest absolute Gasteiger partial charge is 0.379 e. The van der Waals surface area contributed by atoms with Crippen molar-refractivity contribution in [1.82, 2.24) is 14.1 Å². The van der Waals surface area contributed by atoms with E-state index >= 15 is 0 Å². The lowest BCUT2D eigenvalue weighted by Crippen LogP contribution is -2.40. The number of carbonyl (C=O) groups excluding carboxylic acids is 1. The predicted molar refractivity (Wildman–Crippen MR) is 94.6 cm³/mol.